The normalized spacial score (nSPS) is 17.0. The standard InChI is InChI=1S/C14H9BrN2O4S/c15-13-7-14(12-8-16-6-5-11(12)13)22(20,21)10-3-1-9(2-4-10)17(18)19/h1-8,14H. The Morgan fingerprint density at radius 1 is 1.18 bits per heavy atom. The van der Waals surface area contributed by atoms with Crippen molar-refractivity contribution in [2.24, 2.45) is 0 Å². The van der Waals surface area contributed by atoms with Crippen molar-refractivity contribution >= 4 is 35.9 Å². The Balaban J connectivity index is 2.06. The van der Waals surface area contributed by atoms with E-state index in [4.69, 9.17) is 0 Å². The molecule has 1 aliphatic rings. The van der Waals surface area contributed by atoms with Crippen LogP contribution >= 0.6 is 15.9 Å². The summed E-state index contributed by atoms with van der Waals surface area (Å²) in [5, 5.41) is 9.80. The number of rotatable bonds is 3. The number of fused-ring (bicyclic) bond motifs is 1. The smallest absolute Gasteiger partial charge is 0.264 e. The fraction of sp³-hybridized carbons (Fsp3) is 0.0714. The summed E-state index contributed by atoms with van der Waals surface area (Å²) in [5.74, 6) is 0. The summed E-state index contributed by atoms with van der Waals surface area (Å²) in [7, 11) is -3.70. The van der Waals surface area contributed by atoms with Crippen LogP contribution in [0.5, 0.6) is 0 Å². The van der Waals surface area contributed by atoms with Gasteiger partial charge >= 0.3 is 0 Å². The molecule has 1 heterocycles. The molecule has 0 saturated heterocycles. The number of hydrogen-bond acceptors (Lipinski definition) is 5. The van der Waals surface area contributed by atoms with Crippen LogP contribution in [0.3, 0.4) is 0 Å². The molecule has 22 heavy (non-hydrogen) atoms. The lowest BCUT2D eigenvalue weighted by atomic mass is 10.2. The number of sulfone groups is 1. The van der Waals surface area contributed by atoms with Crippen molar-refractivity contribution in [2.45, 2.75) is 10.1 Å². The molecule has 1 unspecified atom stereocenters. The summed E-state index contributed by atoms with van der Waals surface area (Å²) < 4.78 is 26.2. The van der Waals surface area contributed by atoms with Gasteiger partial charge in [-0.05, 0) is 29.8 Å². The minimum Gasteiger partial charge on any atom is -0.264 e. The molecule has 1 aromatic heterocycles. The van der Waals surface area contributed by atoms with Gasteiger partial charge in [-0.15, -0.1) is 0 Å². The van der Waals surface area contributed by atoms with Crippen molar-refractivity contribution in [3.05, 3.63) is 70.0 Å². The van der Waals surface area contributed by atoms with E-state index in [1.54, 1.807) is 18.3 Å². The third-order valence-electron chi connectivity index (χ3n) is 3.42. The minimum absolute atomic E-state index is 0.0383. The molecule has 0 saturated carbocycles. The van der Waals surface area contributed by atoms with Crippen LogP contribution in [0.15, 0.2) is 53.7 Å². The number of pyridine rings is 1. The van der Waals surface area contributed by atoms with E-state index in [-0.39, 0.29) is 10.6 Å². The van der Waals surface area contributed by atoms with Gasteiger partial charge in [0.15, 0.2) is 9.84 Å². The molecule has 0 fully saturated rings. The van der Waals surface area contributed by atoms with E-state index in [0.717, 1.165) is 5.56 Å². The molecule has 0 amide bonds. The SMILES string of the molecule is O=[N+]([O-])c1ccc(S(=O)(=O)C2C=C(Br)c3ccncc32)cc1. The highest BCUT2D eigenvalue weighted by atomic mass is 79.9. The first-order chi connectivity index (χ1) is 10.4. The first-order valence-electron chi connectivity index (χ1n) is 6.21. The maximum Gasteiger partial charge on any atom is 0.269 e. The highest BCUT2D eigenvalue weighted by Gasteiger charge is 2.34. The summed E-state index contributed by atoms with van der Waals surface area (Å²) in [6.45, 7) is 0. The molecule has 0 radical (unpaired) electrons. The number of nitrogens with zero attached hydrogens (tertiary/aromatic N) is 2. The van der Waals surface area contributed by atoms with Gasteiger partial charge in [-0.1, -0.05) is 15.9 Å². The molecule has 0 aliphatic heterocycles. The molecule has 1 atom stereocenters. The molecule has 112 valence electrons. The molecule has 8 heteroatoms. The van der Waals surface area contributed by atoms with E-state index in [0.29, 0.717) is 10.0 Å². The molecule has 0 bridgehead atoms. The van der Waals surface area contributed by atoms with Crippen molar-refractivity contribution in [1.82, 2.24) is 4.98 Å². The molecule has 2 aromatic rings. The summed E-state index contributed by atoms with van der Waals surface area (Å²) in [6, 6.07) is 6.61. The van der Waals surface area contributed by atoms with E-state index >= 15 is 0 Å². The Morgan fingerprint density at radius 2 is 1.86 bits per heavy atom. The molecule has 1 aromatic carbocycles. The van der Waals surface area contributed by atoms with E-state index in [9.17, 15) is 18.5 Å². The van der Waals surface area contributed by atoms with Gasteiger partial charge < -0.3 is 0 Å². The Morgan fingerprint density at radius 3 is 2.50 bits per heavy atom. The van der Waals surface area contributed by atoms with Crippen LogP contribution in [-0.2, 0) is 9.84 Å². The fourth-order valence-electron chi connectivity index (χ4n) is 2.32. The fourth-order valence-corrected chi connectivity index (χ4v) is 4.77. The quantitative estimate of drug-likeness (QED) is 0.601. The lowest BCUT2D eigenvalue weighted by molar-refractivity contribution is -0.384. The van der Waals surface area contributed by atoms with E-state index < -0.39 is 20.0 Å². The average molecular weight is 381 g/mol. The molecule has 1 aliphatic carbocycles. The van der Waals surface area contributed by atoms with Gasteiger partial charge in [0.1, 0.15) is 5.25 Å². The van der Waals surface area contributed by atoms with Gasteiger partial charge in [-0.2, -0.15) is 0 Å². The summed E-state index contributed by atoms with van der Waals surface area (Å²) in [5.41, 5.74) is 1.22. The van der Waals surface area contributed by atoms with Crippen LogP contribution in [0, 0.1) is 10.1 Å². The predicted molar refractivity (Wildman–Crippen MR) is 84.2 cm³/mol. The Bertz CT molecular complexity index is 891. The topological polar surface area (TPSA) is 90.2 Å². The van der Waals surface area contributed by atoms with Crippen LogP contribution in [0.2, 0.25) is 0 Å². The van der Waals surface area contributed by atoms with Crippen molar-refractivity contribution in [3.8, 4) is 0 Å². The number of benzene rings is 1. The molecular weight excluding hydrogens is 372 g/mol. The summed E-state index contributed by atoms with van der Waals surface area (Å²) >= 11 is 3.35. The first kappa shape index (κ1) is 14.9. The summed E-state index contributed by atoms with van der Waals surface area (Å²) in [6.07, 6.45) is 4.71. The van der Waals surface area contributed by atoms with Crippen LogP contribution in [0.4, 0.5) is 5.69 Å². The van der Waals surface area contributed by atoms with Crippen LogP contribution in [0.25, 0.3) is 4.48 Å². The Hall–Kier alpha value is -2.06. The highest BCUT2D eigenvalue weighted by molar-refractivity contribution is 9.15. The average Bonchev–Trinajstić information content (AvgIpc) is 2.86. The molecule has 3 rings (SSSR count). The predicted octanol–water partition coefficient (Wildman–Crippen LogP) is 3.25. The van der Waals surface area contributed by atoms with Gasteiger partial charge in [0.25, 0.3) is 5.69 Å². The number of nitro groups is 1. The third kappa shape index (κ3) is 2.34. The van der Waals surface area contributed by atoms with Gasteiger partial charge in [0, 0.05) is 34.6 Å². The number of hydrogen-bond donors (Lipinski definition) is 0. The lowest BCUT2D eigenvalue weighted by Gasteiger charge is -2.11. The third-order valence-corrected chi connectivity index (χ3v) is 6.10. The van der Waals surface area contributed by atoms with E-state index in [1.807, 2.05) is 0 Å². The first-order valence-corrected chi connectivity index (χ1v) is 8.55. The number of nitro benzene ring substituents is 1. The van der Waals surface area contributed by atoms with Gasteiger partial charge in [0.05, 0.1) is 9.82 Å². The monoisotopic (exact) mass is 380 g/mol. The molecule has 0 spiro atoms. The molecule has 0 N–H and O–H groups in total. The van der Waals surface area contributed by atoms with Crippen molar-refractivity contribution in [2.75, 3.05) is 0 Å². The Labute approximate surface area is 134 Å². The second-order valence-electron chi connectivity index (χ2n) is 4.69. The summed E-state index contributed by atoms with van der Waals surface area (Å²) in [4.78, 5) is 14.1. The highest BCUT2D eigenvalue weighted by Crippen LogP contribution is 2.43. The second kappa shape index (κ2) is 5.29. The zero-order valence-electron chi connectivity index (χ0n) is 11.0. The largest absolute Gasteiger partial charge is 0.269 e. The van der Waals surface area contributed by atoms with Crippen LogP contribution < -0.4 is 0 Å². The van der Waals surface area contributed by atoms with Crippen molar-refractivity contribution < 1.29 is 13.3 Å². The van der Waals surface area contributed by atoms with E-state index in [2.05, 4.69) is 20.9 Å². The van der Waals surface area contributed by atoms with Gasteiger partial charge in [-0.3, -0.25) is 15.1 Å². The van der Waals surface area contributed by atoms with Crippen LogP contribution in [0.1, 0.15) is 16.4 Å². The van der Waals surface area contributed by atoms with Crippen molar-refractivity contribution in [3.63, 3.8) is 0 Å². The molecule has 6 nitrogen and oxygen atoms in total. The zero-order valence-corrected chi connectivity index (χ0v) is 13.4. The lowest BCUT2D eigenvalue weighted by Crippen LogP contribution is -2.11. The second-order valence-corrected chi connectivity index (χ2v) is 7.62. The van der Waals surface area contributed by atoms with Crippen LogP contribution in [-0.4, -0.2) is 18.3 Å². The Kier molecular flexibility index (Phi) is 3.57. The van der Waals surface area contributed by atoms with E-state index in [1.165, 1.54) is 30.5 Å². The molecular formula is C14H9BrN2O4S. The number of aromatic nitrogens is 1. The maximum absolute atomic E-state index is 12.8. The van der Waals surface area contributed by atoms with Gasteiger partial charge in [-0.25, -0.2) is 8.42 Å². The van der Waals surface area contributed by atoms with Gasteiger partial charge in [0.2, 0.25) is 0 Å². The zero-order chi connectivity index (χ0) is 15.9. The van der Waals surface area contributed by atoms with Crippen molar-refractivity contribution in [1.29, 1.82) is 0 Å². The number of non-ortho nitro benzene ring substituents is 1. The number of halogens is 1. The minimum atomic E-state index is -3.70. The maximum atomic E-state index is 12.8.